The molecule has 1 aromatic rings. The minimum absolute atomic E-state index is 0.0550. The highest BCUT2D eigenvalue weighted by Gasteiger charge is 2.33. The van der Waals surface area contributed by atoms with Crippen molar-refractivity contribution in [3.8, 4) is 0 Å². The van der Waals surface area contributed by atoms with Gasteiger partial charge in [-0.2, -0.15) is 0 Å². The van der Waals surface area contributed by atoms with Crippen LogP contribution in [0.1, 0.15) is 63.5 Å². The zero-order valence-electron chi connectivity index (χ0n) is 25.4. The molecule has 4 rings (SSSR count). The molecule has 3 saturated heterocycles. The number of piperidine rings is 2. The van der Waals surface area contributed by atoms with E-state index in [-0.39, 0.29) is 24.2 Å². The van der Waals surface area contributed by atoms with Crippen LogP contribution >= 0.6 is 0 Å². The fraction of sp³-hybridized carbons (Fsp3) is 0.613. The summed E-state index contributed by atoms with van der Waals surface area (Å²) in [5.74, 6) is -0.137. The van der Waals surface area contributed by atoms with Crippen LogP contribution in [-0.4, -0.2) is 99.0 Å². The average molecular weight is 601 g/mol. The number of carbonyl (C=O) groups excluding carboxylic acids is 1. The summed E-state index contributed by atoms with van der Waals surface area (Å²) in [6.07, 6.45) is 9.07. The van der Waals surface area contributed by atoms with E-state index in [1.54, 1.807) is 7.05 Å². The Bertz CT molecular complexity index is 1240. The van der Waals surface area contributed by atoms with Gasteiger partial charge in [-0.15, -0.1) is 0 Å². The Labute approximate surface area is 251 Å². The molecule has 42 heavy (non-hydrogen) atoms. The molecule has 3 aliphatic heterocycles. The maximum absolute atomic E-state index is 13.6. The van der Waals surface area contributed by atoms with Gasteiger partial charge in [0.1, 0.15) is 5.70 Å². The summed E-state index contributed by atoms with van der Waals surface area (Å²) >= 11 is 0. The van der Waals surface area contributed by atoms with E-state index >= 15 is 0 Å². The summed E-state index contributed by atoms with van der Waals surface area (Å²) in [6.45, 7) is 9.67. The maximum Gasteiger partial charge on any atom is 0.272 e. The van der Waals surface area contributed by atoms with Crippen molar-refractivity contribution in [3.63, 3.8) is 0 Å². The Morgan fingerprint density at radius 1 is 1.12 bits per heavy atom. The molecule has 0 spiro atoms. The van der Waals surface area contributed by atoms with Gasteiger partial charge in [-0.3, -0.25) is 4.79 Å². The fourth-order valence-electron chi connectivity index (χ4n) is 6.33. The first-order chi connectivity index (χ1) is 20.1. The minimum Gasteiger partial charge on any atom is -0.390 e. The Morgan fingerprint density at radius 3 is 2.40 bits per heavy atom. The topological polar surface area (TPSA) is 121 Å². The monoisotopic (exact) mass is 600 g/mol. The molecule has 2 atom stereocenters. The van der Waals surface area contributed by atoms with Crippen LogP contribution in [0.4, 0.5) is 0 Å². The number of allylic oxidation sites excluding steroid dienone is 1. The Morgan fingerprint density at radius 2 is 1.79 bits per heavy atom. The largest absolute Gasteiger partial charge is 0.390 e. The summed E-state index contributed by atoms with van der Waals surface area (Å²) in [5, 5.41) is 3.38. The lowest BCUT2D eigenvalue weighted by Crippen LogP contribution is -2.52. The van der Waals surface area contributed by atoms with Gasteiger partial charge >= 0.3 is 0 Å². The summed E-state index contributed by atoms with van der Waals surface area (Å²) in [6, 6.07) is 10.8. The summed E-state index contributed by atoms with van der Waals surface area (Å²) in [7, 11) is -1.51. The molecule has 11 heteroatoms. The lowest BCUT2D eigenvalue weighted by molar-refractivity contribution is -0.128. The van der Waals surface area contributed by atoms with Crippen molar-refractivity contribution < 1.29 is 17.9 Å². The molecule has 3 fully saturated rings. The van der Waals surface area contributed by atoms with E-state index in [4.69, 9.17) is 10.5 Å². The standard InChI is InChI=1S/C31H48N6O4S/c1-23(24(2)33-21-28-11-8-12-29(41-28)25-9-6-5-7-10-25)30(34-22-32)31(38)37-19-15-27(16-20-37)36-17-13-26(14-18-36)35(3)42(4,39)40/h5-7,9-10,22,26-29,33H,2,8,11-21H2,1,3-4H3,(H2,32,34)/b30-23-. The first kappa shape index (κ1) is 32.2. The SMILES string of the molecule is C=C(NCC1CCCC(c2ccccc2)O1)/C(C)=C(\N=C/N)C(=O)N1CCC(N2CCC(N(C)S(C)(=O)=O)CC2)CC1. The van der Waals surface area contributed by atoms with Gasteiger partial charge in [0, 0.05) is 50.0 Å². The Hall–Kier alpha value is -2.73. The third-order valence-electron chi connectivity index (χ3n) is 9.08. The molecule has 1 amide bonds. The van der Waals surface area contributed by atoms with E-state index in [1.165, 1.54) is 22.5 Å². The van der Waals surface area contributed by atoms with Crippen LogP contribution in [-0.2, 0) is 19.6 Å². The van der Waals surface area contributed by atoms with E-state index in [2.05, 4.69) is 33.9 Å². The number of hydrogen-bond acceptors (Lipinski definition) is 7. The van der Waals surface area contributed by atoms with Crippen molar-refractivity contribution in [1.29, 1.82) is 0 Å². The normalized spacial score (nSPS) is 24.1. The number of benzene rings is 1. The zero-order valence-corrected chi connectivity index (χ0v) is 26.2. The van der Waals surface area contributed by atoms with Gasteiger partial charge in [-0.05, 0) is 70.5 Å². The number of likely N-dealkylation sites (tertiary alicyclic amines) is 2. The van der Waals surface area contributed by atoms with Gasteiger partial charge in [-0.25, -0.2) is 17.7 Å². The van der Waals surface area contributed by atoms with Crippen molar-refractivity contribution >= 4 is 22.3 Å². The number of carbonyl (C=O) groups is 1. The predicted octanol–water partition coefficient (Wildman–Crippen LogP) is 3.01. The third kappa shape index (κ3) is 8.21. The number of amides is 1. The van der Waals surface area contributed by atoms with Crippen molar-refractivity contribution in [2.24, 2.45) is 10.7 Å². The van der Waals surface area contributed by atoms with E-state index in [0.717, 1.165) is 58.0 Å². The number of hydrogen-bond donors (Lipinski definition) is 2. The summed E-state index contributed by atoms with van der Waals surface area (Å²) < 4.78 is 31.7. The smallest absolute Gasteiger partial charge is 0.272 e. The second kappa shape index (κ2) is 14.6. The molecule has 232 valence electrons. The van der Waals surface area contributed by atoms with Crippen LogP contribution < -0.4 is 11.1 Å². The van der Waals surface area contributed by atoms with Crippen molar-refractivity contribution in [2.45, 2.75) is 76.2 Å². The van der Waals surface area contributed by atoms with Gasteiger partial charge in [0.05, 0.1) is 24.8 Å². The number of nitrogens with zero attached hydrogens (tertiary/aromatic N) is 4. The predicted molar refractivity (Wildman–Crippen MR) is 167 cm³/mol. The first-order valence-electron chi connectivity index (χ1n) is 15.1. The molecule has 10 nitrogen and oxygen atoms in total. The van der Waals surface area contributed by atoms with Crippen LogP contribution in [0.25, 0.3) is 0 Å². The van der Waals surface area contributed by atoms with Crippen LogP contribution in [0.5, 0.6) is 0 Å². The average Bonchev–Trinajstić information content (AvgIpc) is 3.01. The highest BCUT2D eigenvalue weighted by molar-refractivity contribution is 7.88. The van der Waals surface area contributed by atoms with Crippen LogP contribution in [0, 0.1) is 0 Å². The van der Waals surface area contributed by atoms with Crippen LogP contribution in [0.15, 0.2) is 58.9 Å². The van der Waals surface area contributed by atoms with Crippen molar-refractivity contribution in [2.75, 3.05) is 46.0 Å². The van der Waals surface area contributed by atoms with Gasteiger partial charge in [0.2, 0.25) is 10.0 Å². The third-order valence-corrected chi connectivity index (χ3v) is 10.4. The highest BCUT2D eigenvalue weighted by Crippen LogP contribution is 2.31. The number of nitrogens with one attached hydrogen (secondary N) is 1. The number of ether oxygens (including phenoxy) is 1. The minimum atomic E-state index is -3.18. The number of aliphatic imine (C=N–C) groups is 1. The Balaban J connectivity index is 1.28. The Kier molecular flexibility index (Phi) is 11.2. The maximum atomic E-state index is 13.6. The fourth-order valence-corrected chi connectivity index (χ4v) is 7.08. The first-order valence-corrected chi connectivity index (χ1v) is 17.0. The molecule has 0 aliphatic carbocycles. The van der Waals surface area contributed by atoms with Crippen LogP contribution in [0.2, 0.25) is 0 Å². The lowest BCUT2D eigenvalue weighted by atomic mass is 9.97. The zero-order chi connectivity index (χ0) is 30.3. The summed E-state index contributed by atoms with van der Waals surface area (Å²) in [4.78, 5) is 22.1. The second-order valence-corrected chi connectivity index (χ2v) is 13.8. The van der Waals surface area contributed by atoms with Gasteiger partial charge in [-0.1, -0.05) is 36.9 Å². The van der Waals surface area contributed by atoms with E-state index < -0.39 is 10.0 Å². The molecule has 0 aromatic heterocycles. The van der Waals surface area contributed by atoms with Crippen molar-refractivity contribution in [3.05, 3.63) is 59.4 Å². The molecule has 3 aliphatic rings. The van der Waals surface area contributed by atoms with E-state index in [9.17, 15) is 13.2 Å². The van der Waals surface area contributed by atoms with Gasteiger partial charge in [0.15, 0.2) is 0 Å². The highest BCUT2D eigenvalue weighted by atomic mass is 32.2. The van der Waals surface area contributed by atoms with Gasteiger partial charge < -0.3 is 25.6 Å². The molecule has 0 radical (unpaired) electrons. The molecular formula is C31H48N6O4S. The molecule has 2 unspecified atom stereocenters. The molecule has 3 N–H and O–H groups in total. The molecule has 0 saturated carbocycles. The van der Waals surface area contributed by atoms with E-state index in [1.807, 2.05) is 30.0 Å². The van der Waals surface area contributed by atoms with Gasteiger partial charge in [0.25, 0.3) is 5.91 Å². The quantitative estimate of drug-likeness (QED) is 0.183. The second-order valence-electron chi connectivity index (χ2n) is 11.8. The van der Waals surface area contributed by atoms with Crippen LogP contribution in [0.3, 0.4) is 0 Å². The molecule has 1 aromatic carbocycles. The molecule has 0 bridgehead atoms. The summed E-state index contributed by atoms with van der Waals surface area (Å²) in [5.41, 5.74) is 8.50. The van der Waals surface area contributed by atoms with E-state index in [0.29, 0.717) is 42.6 Å². The molecular weight excluding hydrogens is 552 g/mol. The number of rotatable bonds is 10. The number of nitrogens with two attached hydrogens (primary N) is 1. The lowest BCUT2D eigenvalue weighted by Gasteiger charge is -2.43. The molecule has 3 heterocycles. The van der Waals surface area contributed by atoms with Crippen molar-refractivity contribution in [1.82, 2.24) is 19.4 Å². The number of sulfonamides is 1.